The molecule has 1 aliphatic carbocycles. The summed E-state index contributed by atoms with van der Waals surface area (Å²) in [5.41, 5.74) is 1.16. The zero-order chi connectivity index (χ0) is 19.6. The number of hydrogen-bond acceptors (Lipinski definition) is 5. The molecule has 3 heterocycles. The van der Waals surface area contributed by atoms with Crippen molar-refractivity contribution in [2.24, 2.45) is 17.3 Å². The smallest absolute Gasteiger partial charge is 0.240 e. The van der Waals surface area contributed by atoms with Crippen molar-refractivity contribution in [3.8, 4) is 0 Å². The molecule has 1 aromatic carbocycles. The van der Waals surface area contributed by atoms with E-state index in [1.807, 2.05) is 31.2 Å². The minimum Gasteiger partial charge on any atom is -0.328 e. The molecule has 0 saturated carbocycles. The molecule has 27 heavy (non-hydrogen) atoms. The van der Waals surface area contributed by atoms with E-state index in [0.29, 0.717) is 12.3 Å². The quantitative estimate of drug-likeness (QED) is 0.434. The molecule has 5 rings (SSSR count). The van der Waals surface area contributed by atoms with Crippen molar-refractivity contribution in [2.45, 2.75) is 39.5 Å². The molecular weight excluding hydrogens is 381 g/mol. The highest BCUT2D eigenvalue weighted by Crippen LogP contribution is 2.68. The number of fused-ring (bicyclic) bond motifs is 1. The normalized spacial score (nSPS) is 35.4. The number of allylic oxidation sites excluding steroid dienone is 1. The largest absolute Gasteiger partial charge is 0.328 e. The maximum absolute atomic E-state index is 13.3. The fourth-order valence-electron chi connectivity index (χ4n) is 4.04. The van der Waals surface area contributed by atoms with Crippen LogP contribution in [0.25, 0.3) is 0 Å². The Labute approximate surface area is 164 Å². The van der Waals surface area contributed by atoms with Crippen molar-refractivity contribution in [2.75, 3.05) is 11.5 Å². The summed E-state index contributed by atoms with van der Waals surface area (Å²) in [7, 11) is 0. The third-order valence-electron chi connectivity index (χ3n) is 5.29. The van der Waals surface area contributed by atoms with Crippen molar-refractivity contribution in [1.29, 1.82) is 0 Å². The van der Waals surface area contributed by atoms with E-state index in [-0.39, 0.29) is 22.9 Å². The topological polar surface area (TPSA) is 55.8 Å². The van der Waals surface area contributed by atoms with Crippen molar-refractivity contribution in [3.63, 3.8) is 0 Å². The summed E-state index contributed by atoms with van der Waals surface area (Å²) < 4.78 is 12.4. The molecule has 7 heteroatoms. The van der Waals surface area contributed by atoms with Gasteiger partial charge in [0.05, 0.1) is 35.9 Å². The average Bonchev–Trinajstić information content (AvgIpc) is 2.87. The van der Waals surface area contributed by atoms with Crippen LogP contribution in [0.3, 0.4) is 0 Å². The Bertz CT molecular complexity index is 876. The minimum atomic E-state index is -2.70. The number of nitrogens with zero attached hydrogens (tertiary/aromatic N) is 1. The lowest BCUT2D eigenvalue weighted by Crippen LogP contribution is -2.48. The number of anilines is 1. The molecule has 0 N–H and O–H groups in total. The zero-order valence-electron chi connectivity index (χ0n) is 15.9. The Balaban J connectivity index is 1.71. The summed E-state index contributed by atoms with van der Waals surface area (Å²) in [6, 6.07) is 9.07. The van der Waals surface area contributed by atoms with Crippen LogP contribution in [0.15, 0.2) is 42.0 Å². The second-order valence-electron chi connectivity index (χ2n) is 8.70. The van der Waals surface area contributed by atoms with E-state index in [0.717, 1.165) is 5.57 Å². The van der Waals surface area contributed by atoms with Crippen molar-refractivity contribution >= 4 is 35.8 Å². The molecule has 2 amide bonds. The Kier molecular flexibility index (Phi) is 4.47. The van der Waals surface area contributed by atoms with Gasteiger partial charge >= 0.3 is 0 Å². The van der Waals surface area contributed by atoms with Gasteiger partial charge in [-0.05, 0) is 41.9 Å². The number of imide groups is 1. The van der Waals surface area contributed by atoms with Gasteiger partial charge in [0.2, 0.25) is 11.8 Å². The summed E-state index contributed by atoms with van der Waals surface area (Å²) in [4.78, 5) is 27.7. The van der Waals surface area contributed by atoms with Crippen LogP contribution in [0.4, 0.5) is 5.69 Å². The number of carbonyl (C=O) groups excluding carboxylic acids is 2. The standard InChI is InChI=1S/C20H24NO4PS/c1-12-10-14-15-16(17(12)25-26(14,27)24-11-20(2,3)4)19(23)21(18(15)22)13-8-6-5-7-9-13/h5-10,14-17H,11H2,1-4H3/t14-,15+,16+,17+,26-/m0/s1. The summed E-state index contributed by atoms with van der Waals surface area (Å²) in [6.45, 7) is 5.92. The first-order valence-corrected chi connectivity index (χ1v) is 11.9. The van der Waals surface area contributed by atoms with Crippen LogP contribution in [0.2, 0.25) is 0 Å². The predicted octanol–water partition coefficient (Wildman–Crippen LogP) is 3.89. The molecule has 2 bridgehead atoms. The molecule has 4 aliphatic rings. The van der Waals surface area contributed by atoms with Crippen molar-refractivity contribution in [3.05, 3.63) is 42.0 Å². The number of amides is 2. The SMILES string of the molecule is CC1=C[C@H]2[C@H]3C(=O)N(c4ccccc4)C(=O)[C@H]3[C@@H]1O[P@@]2(=S)OCC(C)(C)C. The van der Waals surface area contributed by atoms with Crippen LogP contribution in [-0.2, 0) is 30.4 Å². The van der Waals surface area contributed by atoms with Gasteiger partial charge in [0.15, 0.2) is 6.49 Å². The van der Waals surface area contributed by atoms with Crippen molar-refractivity contribution < 1.29 is 18.6 Å². The van der Waals surface area contributed by atoms with Gasteiger partial charge in [0.1, 0.15) is 0 Å². The van der Waals surface area contributed by atoms with Gasteiger partial charge in [-0.3, -0.25) is 9.59 Å². The van der Waals surface area contributed by atoms with Gasteiger partial charge in [-0.1, -0.05) is 45.0 Å². The van der Waals surface area contributed by atoms with Crippen LogP contribution >= 0.6 is 6.49 Å². The van der Waals surface area contributed by atoms with E-state index in [1.165, 1.54) is 4.90 Å². The molecule has 3 aliphatic heterocycles. The third-order valence-corrected chi connectivity index (χ3v) is 8.81. The van der Waals surface area contributed by atoms with Gasteiger partial charge in [-0.2, -0.15) is 0 Å². The number of rotatable bonds is 3. The lowest BCUT2D eigenvalue weighted by molar-refractivity contribution is -0.124. The monoisotopic (exact) mass is 405 g/mol. The van der Waals surface area contributed by atoms with E-state index < -0.39 is 24.4 Å². The van der Waals surface area contributed by atoms with Gasteiger partial charge in [0, 0.05) is 0 Å². The molecular formula is C20H24NO4PS. The summed E-state index contributed by atoms with van der Waals surface area (Å²) in [6.07, 6.45) is 1.55. The van der Waals surface area contributed by atoms with Gasteiger partial charge in [-0.25, -0.2) is 4.90 Å². The second-order valence-corrected chi connectivity index (χ2v) is 12.4. The van der Waals surface area contributed by atoms with Gasteiger partial charge in [0.25, 0.3) is 0 Å². The van der Waals surface area contributed by atoms with E-state index in [1.54, 1.807) is 12.1 Å². The van der Waals surface area contributed by atoms with E-state index in [2.05, 4.69) is 20.8 Å². The van der Waals surface area contributed by atoms with E-state index in [4.69, 9.17) is 20.9 Å². The summed E-state index contributed by atoms with van der Waals surface area (Å²) >= 11 is 5.84. The molecule has 144 valence electrons. The number of hydrogen-bond donors (Lipinski definition) is 0. The molecule has 5 nitrogen and oxygen atoms in total. The average molecular weight is 405 g/mol. The van der Waals surface area contributed by atoms with Crippen LogP contribution in [0.1, 0.15) is 27.7 Å². The Hall–Kier alpha value is -1.33. The highest BCUT2D eigenvalue weighted by atomic mass is 32.5. The van der Waals surface area contributed by atoms with Crippen LogP contribution in [0.5, 0.6) is 0 Å². The van der Waals surface area contributed by atoms with Crippen LogP contribution < -0.4 is 4.90 Å². The van der Waals surface area contributed by atoms with Gasteiger partial charge < -0.3 is 9.05 Å². The molecule has 1 aromatic rings. The van der Waals surface area contributed by atoms with Crippen molar-refractivity contribution in [1.82, 2.24) is 0 Å². The Morgan fingerprint density at radius 3 is 2.41 bits per heavy atom. The Morgan fingerprint density at radius 1 is 1.15 bits per heavy atom. The maximum atomic E-state index is 13.3. The minimum absolute atomic E-state index is 0.0599. The summed E-state index contributed by atoms with van der Waals surface area (Å²) in [5.74, 6) is -1.39. The van der Waals surface area contributed by atoms with Crippen LogP contribution in [0, 0.1) is 17.3 Å². The third kappa shape index (κ3) is 3.03. The maximum Gasteiger partial charge on any atom is 0.240 e. The lowest BCUT2D eigenvalue weighted by atomic mass is 9.79. The Morgan fingerprint density at radius 2 is 1.78 bits per heavy atom. The molecule has 0 aromatic heterocycles. The first-order chi connectivity index (χ1) is 12.6. The fourth-order valence-corrected chi connectivity index (χ4v) is 7.73. The first-order valence-electron chi connectivity index (χ1n) is 9.16. The highest BCUT2D eigenvalue weighted by Gasteiger charge is 2.64. The number of benzene rings is 1. The van der Waals surface area contributed by atoms with Crippen LogP contribution in [-0.4, -0.2) is 30.2 Å². The highest BCUT2D eigenvalue weighted by molar-refractivity contribution is 8.10. The predicted molar refractivity (Wildman–Crippen MR) is 108 cm³/mol. The number of para-hydroxylation sites is 1. The zero-order valence-corrected chi connectivity index (χ0v) is 17.6. The second kappa shape index (κ2) is 6.35. The molecule has 2 fully saturated rings. The fraction of sp³-hybridized carbons (Fsp3) is 0.500. The lowest BCUT2D eigenvalue weighted by Gasteiger charge is -2.47. The van der Waals surface area contributed by atoms with E-state index in [9.17, 15) is 9.59 Å². The first kappa shape index (κ1) is 19.0. The molecule has 5 atom stereocenters. The molecule has 2 saturated heterocycles. The van der Waals surface area contributed by atoms with Gasteiger partial charge in [-0.15, -0.1) is 0 Å². The summed E-state index contributed by atoms with van der Waals surface area (Å²) in [5, 5.41) is 0. The van der Waals surface area contributed by atoms with E-state index >= 15 is 0 Å². The molecule has 0 spiro atoms. The number of carbonyl (C=O) groups is 2. The molecule has 0 radical (unpaired) electrons. The molecule has 0 unspecified atom stereocenters.